The molecule has 0 bridgehead atoms. The SMILES string of the molecule is CC(=O)OC1(C(C)=O)CCC2C3CCC4=CC(=O)CCC4(C)C3(F)C(=O)CC21C. The highest BCUT2D eigenvalue weighted by atomic mass is 19.1. The summed E-state index contributed by atoms with van der Waals surface area (Å²) >= 11 is 0. The van der Waals surface area contributed by atoms with Gasteiger partial charge >= 0.3 is 5.97 Å². The minimum atomic E-state index is -2.05. The van der Waals surface area contributed by atoms with Gasteiger partial charge in [0.25, 0.3) is 0 Å². The molecule has 3 saturated carbocycles. The predicted molar refractivity (Wildman–Crippen MR) is 103 cm³/mol. The van der Waals surface area contributed by atoms with Crippen molar-refractivity contribution in [3.63, 3.8) is 0 Å². The lowest BCUT2D eigenvalue weighted by molar-refractivity contribution is -0.199. The maximum Gasteiger partial charge on any atom is 0.303 e. The number of rotatable bonds is 2. The van der Waals surface area contributed by atoms with E-state index in [4.69, 9.17) is 4.74 Å². The Kier molecular flexibility index (Phi) is 4.28. The Morgan fingerprint density at radius 2 is 1.76 bits per heavy atom. The van der Waals surface area contributed by atoms with Gasteiger partial charge in [-0.25, -0.2) is 4.39 Å². The number of ether oxygens (including phenoxy) is 1. The van der Waals surface area contributed by atoms with Crippen LogP contribution in [0.1, 0.15) is 72.6 Å². The van der Waals surface area contributed by atoms with Gasteiger partial charge in [-0.3, -0.25) is 19.2 Å². The molecule has 0 aliphatic heterocycles. The molecule has 0 radical (unpaired) electrons. The van der Waals surface area contributed by atoms with E-state index in [2.05, 4.69) is 0 Å². The smallest absolute Gasteiger partial charge is 0.303 e. The van der Waals surface area contributed by atoms with Gasteiger partial charge in [0, 0.05) is 36.5 Å². The van der Waals surface area contributed by atoms with E-state index < -0.39 is 39.8 Å². The molecule has 0 N–H and O–H groups in total. The summed E-state index contributed by atoms with van der Waals surface area (Å²) in [5, 5.41) is 0. The molecule has 29 heavy (non-hydrogen) atoms. The van der Waals surface area contributed by atoms with Crippen LogP contribution in [0.5, 0.6) is 0 Å². The fraction of sp³-hybridized carbons (Fsp3) is 0.739. The van der Waals surface area contributed by atoms with Crippen LogP contribution in [-0.4, -0.2) is 34.6 Å². The largest absolute Gasteiger partial charge is 0.451 e. The van der Waals surface area contributed by atoms with Crippen LogP contribution < -0.4 is 0 Å². The zero-order chi connectivity index (χ0) is 21.4. The first-order valence-electron chi connectivity index (χ1n) is 10.6. The fourth-order valence-corrected chi connectivity index (χ4v) is 7.34. The highest BCUT2D eigenvalue weighted by molar-refractivity contribution is 5.97. The summed E-state index contributed by atoms with van der Waals surface area (Å²) in [7, 11) is 0. The molecule has 0 amide bonds. The second kappa shape index (κ2) is 6.08. The van der Waals surface area contributed by atoms with Gasteiger partial charge in [-0.1, -0.05) is 19.4 Å². The van der Waals surface area contributed by atoms with Crippen LogP contribution in [0, 0.1) is 22.7 Å². The van der Waals surface area contributed by atoms with E-state index >= 15 is 4.39 Å². The lowest BCUT2D eigenvalue weighted by Crippen LogP contribution is -2.68. The van der Waals surface area contributed by atoms with Crippen LogP contribution in [0.2, 0.25) is 0 Å². The van der Waals surface area contributed by atoms with Crippen molar-refractivity contribution < 1.29 is 28.3 Å². The van der Waals surface area contributed by atoms with Gasteiger partial charge in [0.2, 0.25) is 0 Å². The molecule has 4 rings (SSSR count). The molecule has 3 fully saturated rings. The summed E-state index contributed by atoms with van der Waals surface area (Å²) in [6.07, 6.45) is 3.91. The van der Waals surface area contributed by atoms with Crippen LogP contribution in [0.3, 0.4) is 0 Å². The molecule has 6 atom stereocenters. The first-order chi connectivity index (χ1) is 13.4. The third kappa shape index (κ3) is 2.32. The third-order valence-electron chi connectivity index (χ3n) is 8.81. The molecule has 4 aliphatic carbocycles. The zero-order valence-electron chi connectivity index (χ0n) is 17.6. The normalized spacial score (nSPS) is 46.3. The molecule has 158 valence electrons. The highest BCUT2D eigenvalue weighted by Crippen LogP contribution is 2.69. The van der Waals surface area contributed by atoms with Crippen LogP contribution in [0.15, 0.2) is 11.6 Å². The first kappa shape index (κ1) is 20.4. The van der Waals surface area contributed by atoms with Crippen molar-refractivity contribution in [3.05, 3.63) is 11.6 Å². The van der Waals surface area contributed by atoms with Gasteiger partial charge in [-0.05, 0) is 51.0 Å². The number of Topliss-reactive ketones (excluding diaryl/α,β-unsaturated/α-hetero) is 2. The molecule has 0 aromatic rings. The Morgan fingerprint density at radius 3 is 2.38 bits per heavy atom. The van der Waals surface area contributed by atoms with Crippen molar-refractivity contribution in [2.75, 3.05) is 0 Å². The van der Waals surface area contributed by atoms with Gasteiger partial charge in [0.1, 0.15) is 0 Å². The highest BCUT2D eigenvalue weighted by Gasteiger charge is 2.75. The second-order valence-corrected chi connectivity index (χ2v) is 9.96. The number of carbonyl (C=O) groups is 4. The third-order valence-corrected chi connectivity index (χ3v) is 8.81. The van der Waals surface area contributed by atoms with Gasteiger partial charge in [0.05, 0.1) is 0 Å². The molecule has 0 aromatic heterocycles. The van der Waals surface area contributed by atoms with Crippen molar-refractivity contribution in [3.8, 4) is 0 Å². The van der Waals surface area contributed by atoms with E-state index in [1.165, 1.54) is 13.8 Å². The number of fused-ring (bicyclic) bond motifs is 5. The van der Waals surface area contributed by atoms with Crippen LogP contribution in [0.25, 0.3) is 0 Å². The summed E-state index contributed by atoms with van der Waals surface area (Å²) in [6.45, 7) is 6.28. The van der Waals surface area contributed by atoms with Gasteiger partial charge in [-0.2, -0.15) is 0 Å². The molecule has 6 heteroatoms. The van der Waals surface area contributed by atoms with E-state index in [1.54, 1.807) is 13.0 Å². The quantitative estimate of drug-likeness (QED) is 0.656. The number of allylic oxidation sites excluding steroid dienone is 1. The lowest BCUT2D eigenvalue weighted by Gasteiger charge is -2.60. The maximum absolute atomic E-state index is 16.9. The average Bonchev–Trinajstić information content (AvgIpc) is 2.90. The zero-order valence-corrected chi connectivity index (χ0v) is 17.6. The van der Waals surface area contributed by atoms with E-state index in [0.717, 1.165) is 5.57 Å². The van der Waals surface area contributed by atoms with E-state index in [9.17, 15) is 19.2 Å². The lowest BCUT2D eigenvalue weighted by atomic mass is 9.44. The van der Waals surface area contributed by atoms with Crippen molar-refractivity contribution in [1.29, 1.82) is 0 Å². The number of hydrogen-bond acceptors (Lipinski definition) is 5. The van der Waals surface area contributed by atoms with Gasteiger partial charge < -0.3 is 4.74 Å². The average molecular weight is 404 g/mol. The molecule has 0 heterocycles. The minimum Gasteiger partial charge on any atom is -0.451 e. The standard InChI is InChI=1S/C23H29FO5/c1-13(25)22(29-14(2)26)10-8-17-18-6-5-15-11-16(27)7-9-20(15,3)23(18,24)19(28)12-21(17,22)4/h11,17-18H,5-10,12H2,1-4H3. The van der Waals surface area contributed by atoms with E-state index in [1.807, 2.05) is 6.92 Å². The van der Waals surface area contributed by atoms with Crippen LogP contribution in [-0.2, 0) is 23.9 Å². The number of carbonyl (C=O) groups excluding carboxylic acids is 4. The Balaban J connectivity index is 1.82. The number of alkyl halides is 1. The van der Waals surface area contributed by atoms with E-state index in [-0.39, 0.29) is 30.3 Å². The van der Waals surface area contributed by atoms with E-state index in [0.29, 0.717) is 32.1 Å². The molecular weight excluding hydrogens is 375 g/mol. The molecule has 5 nitrogen and oxygen atoms in total. The first-order valence-corrected chi connectivity index (χ1v) is 10.6. The summed E-state index contributed by atoms with van der Waals surface area (Å²) in [6, 6.07) is 0. The molecule has 6 unspecified atom stereocenters. The molecule has 4 aliphatic rings. The maximum atomic E-state index is 16.9. The Labute approximate surface area is 170 Å². The number of hydrogen-bond donors (Lipinski definition) is 0. The second-order valence-electron chi connectivity index (χ2n) is 9.96. The van der Waals surface area contributed by atoms with Gasteiger partial charge in [-0.15, -0.1) is 0 Å². The molecule has 0 saturated heterocycles. The molecular formula is C23H29FO5. The topological polar surface area (TPSA) is 77.5 Å². The van der Waals surface area contributed by atoms with Gasteiger partial charge in [0.15, 0.2) is 28.6 Å². The summed E-state index contributed by atoms with van der Waals surface area (Å²) in [4.78, 5) is 50.0. The van der Waals surface area contributed by atoms with Crippen molar-refractivity contribution in [2.45, 2.75) is 83.9 Å². The van der Waals surface area contributed by atoms with Crippen molar-refractivity contribution in [2.24, 2.45) is 22.7 Å². The molecule has 0 spiro atoms. The van der Waals surface area contributed by atoms with Crippen LogP contribution in [0.4, 0.5) is 4.39 Å². The van der Waals surface area contributed by atoms with Crippen molar-refractivity contribution >= 4 is 23.3 Å². The summed E-state index contributed by atoms with van der Waals surface area (Å²) in [5.41, 5.74) is -4.57. The number of ketones is 3. The Bertz CT molecular complexity index is 861. The summed E-state index contributed by atoms with van der Waals surface area (Å²) < 4.78 is 22.5. The van der Waals surface area contributed by atoms with Crippen molar-refractivity contribution in [1.82, 2.24) is 0 Å². The Morgan fingerprint density at radius 1 is 1.07 bits per heavy atom. The summed E-state index contributed by atoms with van der Waals surface area (Å²) in [5.74, 6) is -2.12. The predicted octanol–water partition coefficient (Wildman–Crippen LogP) is 3.68. The number of esters is 1. The minimum absolute atomic E-state index is 0.000979. The number of halogens is 1. The monoisotopic (exact) mass is 404 g/mol. The Hall–Kier alpha value is -1.85. The molecule has 0 aromatic carbocycles. The fourth-order valence-electron chi connectivity index (χ4n) is 7.34. The van der Waals surface area contributed by atoms with Crippen LogP contribution >= 0.6 is 0 Å².